The van der Waals surface area contributed by atoms with Gasteiger partial charge in [0.15, 0.2) is 0 Å². The lowest BCUT2D eigenvalue weighted by Gasteiger charge is -2.31. The smallest absolute Gasteiger partial charge is 0.0606 e. The Morgan fingerprint density at radius 1 is 0.229 bits per heavy atom. The van der Waals surface area contributed by atoms with Crippen LogP contribution in [0.15, 0.2) is 152 Å². The third kappa shape index (κ3) is 12.9. The van der Waals surface area contributed by atoms with E-state index in [9.17, 15) is 0 Å². The van der Waals surface area contributed by atoms with Crippen molar-refractivity contribution in [1.82, 2.24) is 0 Å². The van der Waals surface area contributed by atoms with Crippen LogP contribution in [0, 0.1) is 0 Å². The maximum absolute atomic E-state index is 2.52. The van der Waals surface area contributed by atoms with Crippen molar-refractivity contribution in [2.24, 2.45) is 0 Å². The highest BCUT2D eigenvalue weighted by Gasteiger charge is 2.22. The molecule has 9 aromatic carbocycles. The lowest BCUT2D eigenvalue weighted by Crippen LogP contribution is -2.28. The summed E-state index contributed by atoms with van der Waals surface area (Å²) in [5, 5.41) is 7.93. The molecule has 0 heterocycles. The van der Waals surface area contributed by atoms with E-state index < -0.39 is 0 Å². The molecular formula is C76H97N7. The number of hydrogen-bond acceptors (Lipinski definition) is 7. The summed E-state index contributed by atoms with van der Waals surface area (Å²) < 4.78 is 0. The molecule has 0 N–H and O–H groups in total. The first-order valence-corrected chi connectivity index (χ1v) is 32.2. The zero-order chi connectivity index (χ0) is 58.6. The fraction of sp³-hybridized carbons (Fsp3) is 0.395. The molecule has 0 aliphatic rings. The first-order valence-electron chi connectivity index (χ1n) is 32.2. The van der Waals surface area contributed by atoms with Crippen LogP contribution in [0.25, 0.3) is 32.3 Å². The molecule has 0 bridgehead atoms. The van der Waals surface area contributed by atoms with E-state index in [1.165, 1.54) is 106 Å². The van der Waals surface area contributed by atoms with E-state index in [2.05, 4.69) is 269 Å². The molecule has 0 unspecified atom stereocenters. The van der Waals surface area contributed by atoms with Crippen LogP contribution in [0.4, 0.5) is 51.2 Å². The van der Waals surface area contributed by atoms with Gasteiger partial charge in [-0.05, 0) is 249 Å². The Balaban J connectivity index is 1.06. The second kappa shape index (κ2) is 28.3. The van der Waals surface area contributed by atoms with Gasteiger partial charge in [-0.1, -0.05) is 84.9 Å². The van der Waals surface area contributed by atoms with E-state index in [0.717, 1.165) is 128 Å². The van der Waals surface area contributed by atoms with Gasteiger partial charge in [0.1, 0.15) is 0 Å². The zero-order valence-corrected chi connectivity index (χ0v) is 52.8. The minimum atomic E-state index is 0.978. The second-order valence-corrected chi connectivity index (χ2v) is 22.4. The molecule has 436 valence electrons. The summed E-state index contributed by atoms with van der Waals surface area (Å²) in [6.07, 6.45) is 5.90. The highest BCUT2D eigenvalue weighted by Crippen LogP contribution is 2.45. The molecule has 0 aliphatic heterocycles. The van der Waals surface area contributed by atoms with E-state index in [-0.39, 0.29) is 0 Å². The Morgan fingerprint density at radius 3 is 0.880 bits per heavy atom. The van der Waals surface area contributed by atoms with Crippen molar-refractivity contribution >= 4 is 83.5 Å². The monoisotopic (exact) mass is 1110 g/mol. The maximum atomic E-state index is 2.52. The van der Waals surface area contributed by atoms with E-state index in [4.69, 9.17) is 0 Å². The molecule has 9 rings (SSSR count). The molecule has 0 aliphatic carbocycles. The van der Waals surface area contributed by atoms with Crippen LogP contribution in [-0.4, -0.2) is 78.5 Å². The van der Waals surface area contributed by atoms with Gasteiger partial charge < -0.3 is 34.3 Å². The maximum Gasteiger partial charge on any atom is 0.0606 e. The lowest BCUT2D eigenvalue weighted by molar-refractivity contribution is 0.830. The van der Waals surface area contributed by atoms with Crippen molar-refractivity contribution in [3.63, 3.8) is 0 Å². The molecule has 0 spiro atoms. The molecule has 0 atom stereocenters. The molecule has 0 amide bonds. The van der Waals surface area contributed by atoms with Crippen molar-refractivity contribution in [3.8, 4) is 0 Å². The number of aryl methyl sites for hydroxylation is 6. The summed E-state index contributed by atoms with van der Waals surface area (Å²) in [7, 11) is 0. The Labute approximate surface area is 500 Å². The largest absolute Gasteiger partial charge is 0.370 e. The molecule has 0 fully saturated rings. The molecule has 83 heavy (non-hydrogen) atoms. The molecule has 7 nitrogen and oxygen atoms in total. The summed E-state index contributed by atoms with van der Waals surface area (Å²) >= 11 is 0. The molecule has 7 heteroatoms. The SMILES string of the molecule is CCN(CC)c1ccc(CCc2ccc(N(c3ccc(CCc4ccc(N(CC)CC)c(N(CC)CC)c4)cc3)c3ccc4ccc5c(CCc6ccc(N(CC)CC)c(N(CC)CC)c6)ccc6ccc3c4c65)cc2)cc1N(CC)CC. The quantitative estimate of drug-likeness (QED) is 0.0413. The third-order valence-electron chi connectivity index (χ3n) is 18.2. The van der Waals surface area contributed by atoms with Crippen molar-refractivity contribution < 1.29 is 0 Å². The Hall–Kier alpha value is -7.38. The first kappa shape index (κ1) is 60.2. The molecule has 0 aromatic heterocycles. The number of anilines is 9. The molecular weight excluding hydrogens is 1010 g/mol. The van der Waals surface area contributed by atoms with Crippen LogP contribution in [0.1, 0.15) is 116 Å². The average Bonchev–Trinajstić information content (AvgIpc) is 2.51. The summed E-state index contributed by atoms with van der Waals surface area (Å²) in [5.41, 5.74) is 19.9. The minimum absolute atomic E-state index is 0.978. The number of benzene rings is 9. The Kier molecular flexibility index (Phi) is 20.5. The van der Waals surface area contributed by atoms with Crippen LogP contribution in [0.2, 0.25) is 0 Å². The normalized spacial score (nSPS) is 11.5. The van der Waals surface area contributed by atoms with Gasteiger partial charge in [-0.15, -0.1) is 0 Å². The molecule has 0 saturated heterocycles. The molecule has 0 radical (unpaired) electrons. The van der Waals surface area contributed by atoms with Gasteiger partial charge in [0.05, 0.1) is 39.8 Å². The van der Waals surface area contributed by atoms with Crippen molar-refractivity contribution in [2.75, 3.05) is 113 Å². The van der Waals surface area contributed by atoms with E-state index >= 15 is 0 Å². The van der Waals surface area contributed by atoms with Gasteiger partial charge in [0.2, 0.25) is 0 Å². The summed E-state index contributed by atoms with van der Waals surface area (Å²) in [6.45, 7) is 39.2. The third-order valence-corrected chi connectivity index (χ3v) is 18.2. The predicted molar refractivity (Wildman–Crippen MR) is 368 cm³/mol. The minimum Gasteiger partial charge on any atom is -0.370 e. The van der Waals surface area contributed by atoms with Gasteiger partial charge in [0.25, 0.3) is 0 Å². The topological polar surface area (TPSA) is 22.7 Å². The Morgan fingerprint density at radius 2 is 0.506 bits per heavy atom. The summed E-state index contributed by atoms with van der Waals surface area (Å²) in [6, 6.07) is 59.5. The van der Waals surface area contributed by atoms with Crippen LogP contribution >= 0.6 is 0 Å². The van der Waals surface area contributed by atoms with E-state index in [0.29, 0.717) is 0 Å². The zero-order valence-electron chi connectivity index (χ0n) is 52.8. The highest BCUT2D eigenvalue weighted by atomic mass is 15.2. The fourth-order valence-electron chi connectivity index (χ4n) is 13.3. The van der Waals surface area contributed by atoms with Crippen LogP contribution in [-0.2, 0) is 38.5 Å². The Bertz CT molecular complexity index is 3370. The number of rotatable bonds is 30. The first-order chi connectivity index (χ1) is 40.6. The van der Waals surface area contributed by atoms with Crippen molar-refractivity contribution in [3.05, 3.63) is 185 Å². The fourth-order valence-corrected chi connectivity index (χ4v) is 13.3. The molecule has 9 aromatic rings. The predicted octanol–water partition coefficient (Wildman–Crippen LogP) is 18.5. The number of nitrogens with zero attached hydrogens (tertiary/aromatic N) is 7. The summed E-state index contributed by atoms with van der Waals surface area (Å²) in [4.78, 5) is 17.5. The number of hydrogen-bond donors (Lipinski definition) is 0. The average molecular weight is 1110 g/mol. The van der Waals surface area contributed by atoms with Crippen LogP contribution in [0.3, 0.4) is 0 Å². The van der Waals surface area contributed by atoms with Crippen molar-refractivity contribution in [1.29, 1.82) is 0 Å². The van der Waals surface area contributed by atoms with E-state index in [1.54, 1.807) is 0 Å². The molecule has 0 saturated carbocycles. The highest BCUT2D eigenvalue weighted by molar-refractivity contribution is 6.26. The van der Waals surface area contributed by atoms with Gasteiger partial charge >= 0.3 is 0 Å². The van der Waals surface area contributed by atoms with Crippen LogP contribution < -0.4 is 34.3 Å². The van der Waals surface area contributed by atoms with Crippen LogP contribution in [0.5, 0.6) is 0 Å². The summed E-state index contributed by atoms with van der Waals surface area (Å²) in [5.74, 6) is 0. The van der Waals surface area contributed by atoms with Gasteiger partial charge in [0, 0.05) is 95.3 Å². The van der Waals surface area contributed by atoms with Crippen molar-refractivity contribution in [2.45, 2.75) is 122 Å². The lowest BCUT2D eigenvalue weighted by atomic mass is 9.89. The van der Waals surface area contributed by atoms with E-state index in [1.807, 2.05) is 0 Å². The van der Waals surface area contributed by atoms with Gasteiger partial charge in [-0.3, -0.25) is 0 Å². The second-order valence-electron chi connectivity index (χ2n) is 22.4. The van der Waals surface area contributed by atoms with Gasteiger partial charge in [-0.25, -0.2) is 0 Å². The van der Waals surface area contributed by atoms with Gasteiger partial charge in [-0.2, -0.15) is 0 Å². The standard InChI is InChI=1S/C76H97N7/c1-13-77(14-2)69-49-34-58(53-72(69)80(19-7)20-8)27-25-56-30-43-64(44-31-56)83(65-45-32-57(33-46-65)26-28-59-35-50-70(78(15-3)16-4)73(54-59)81(21-9)22-10)68-52-42-63-40-47-66-61(38-39-62-41-48-67(68)76(63)75(62)66)37-29-60-36-51-71(79(17-5)18-6)74(55-60)82(23-11)24-12/h30-36,38-55H,13-29,37H2,1-12H3.